The second-order valence-electron chi connectivity index (χ2n) is 7.56. The Morgan fingerprint density at radius 3 is 2.60 bits per heavy atom. The summed E-state index contributed by atoms with van der Waals surface area (Å²) in [5.41, 5.74) is 0.480. The van der Waals surface area contributed by atoms with Gasteiger partial charge in [0.05, 0.1) is 18.6 Å². The highest BCUT2D eigenvalue weighted by Gasteiger charge is 2.52. The monoisotopic (exact) mass is 345 g/mol. The van der Waals surface area contributed by atoms with Crippen LogP contribution < -0.4 is 10.1 Å². The predicted molar refractivity (Wildman–Crippen MR) is 94.4 cm³/mol. The number of rotatable bonds is 4. The molecule has 1 saturated carbocycles. The van der Waals surface area contributed by atoms with Crippen molar-refractivity contribution in [3.8, 4) is 5.88 Å². The van der Waals surface area contributed by atoms with E-state index in [9.17, 15) is 9.59 Å². The lowest BCUT2D eigenvalue weighted by Crippen LogP contribution is -2.42. The Morgan fingerprint density at radius 2 is 2.04 bits per heavy atom. The molecule has 1 aromatic rings. The molecular weight excluding hydrogens is 318 g/mol. The van der Waals surface area contributed by atoms with Gasteiger partial charge in [0.2, 0.25) is 11.8 Å². The first kappa shape index (κ1) is 17.7. The van der Waals surface area contributed by atoms with Crippen molar-refractivity contribution in [3.05, 3.63) is 23.9 Å². The van der Waals surface area contributed by atoms with E-state index < -0.39 is 0 Å². The molecule has 2 aliphatic rings. The van der Waals surface area contributed by atoms with E-state index in [0.717, 1.165) is 25.7 Å². The van der Waals surface area contributed by atoms with Crippen molar-refractivity contribution >= 4 is 11.8 Å². The van der Waals surface area contributed by atoms with Gasteiger partial charge in [-0.1, -0.05) is 12.8 Å². The van der Waals surface area contributed by atoms with E-state index in [1.807, 2.05) is 18.7 Å². The van der Waals surface area contributed by atoms with Crippen molar-refractivity contribution in [2.75, 3.05) is 20.2 Å². The largest absolute Gasteiger partial charge is 0.481 e. The van der Waals surface area contributed by atoms with Gasteiger partial charge in [0.15, 0.2) is 0 Å². The van der Waals surface area contributed by atoms with Gasteiger partial charge in [0.25, 0.3) is 5.91 Å². The van der Waals surface area contributed by atoms with Crippen LogP contribution in [0.3, 0.4) is 0 Å². The Morgan fingerprint density at radius 1 is 1.32 bits per heavy atom. The summed E-state index contributed by atoms with van der Waals surface area (Å²) in [5, 5.41) is 3.04. The zero-order valence-electron chi connectivity index (χ0n) is 15.2. The van der Waals surface area contributed by atoms with E-state index in [2.05, 4.69) is 10.3 Å². The van der Waals surface area contributed by atoms with E-state index in [0.29, 0.717) is 24.5 Å². The fourth-order valence-corrected chi connectivity index (χ4v) is 4.27. The number of aromatic nitrogens is 1. The van der Waals surface area contributed by atoms with E-state index in [-0.39, 0.29) is 29.2 Å². The summed E-state index contributed by atoms with van der Waals surface area (Å²) in [7, 11) is 1.55. The van der Waals surface area contributed by atoms with Gasteiger partial charge in [-0.25, -0.2) is 4.98 Å². The first-order valence-corrected chi connectivity index (χ1v) is 9.05. The number of nitrogens with one attached hydrogen (secondary N) is 1. The summed E-state index contributed by atoms with van der Waals surface area (Å²) in [6.07, 6.45) is 5.86. The lowest BCUT2D eigenvalue weighted by molar-refractivity contribution is -0.128. The average Bonchev–Trinajstić information content (AvgIpc) is 3.22. The lowest BCUT2D eigenvalue weighted by Gasteiger charge is -2.29. The van der Waals surface area contributed by atoms with Crippen LogP contribution in [-0.4, -0.2) is 47.9 Å². The van der Waals surface area contributed by atoms with Gasteiger partial charge in [0.1, 0.15) is 0 Å². The molecule has 1 aromatic heterocycles. The highest BCUT2D eigenvalue weighted by atomic mass is 16.5. The molecule has 2 fully saturated rings. The van der Waals surface area contributed by atoms with Crippen LogP contribution in [0.15, 0.2) is 18.3 Å². The van der Waals surface area contributed by atoms with E-state index in [1.165, 1.54) is 0 Å². The molecule has 3 rings (SSSR count). The Labute approximate surface area is 148 Å². The SMILES string of the molecule is COc1ccc(C(=O)N2CC(C(=O)NC(C)C)C3(CCCC3)C2)cn1. The van der Waals surface area contributed by atoms with Gasteiger partial charge in [-0.3, -0.25) is 9.59 Å². The summed E-state index contributed by atoms with van der Waals surface area (Å²) in [4.78, 5) is 31.6. The zero-order valence-corrected chi connectivity index (χ0v) is 15.2. The predicted octanol–water partition coefficient (Wildman–Crippen LogP) is 2.25. The maximum atomic E-state index is 12.9. The maximum Gasteiger partial charge on any atom is 0.255 e. The topological polar surface area (TPSA) is 71.5 Å². The molecule has 1 saturated heterocycles. The van der Waals surface area contributed by atoms with Gasteiger partial charge in [-0.2, -0.15) is 0 Å². The van der Waals surface area contributed by atoms with Crippen molar-refractivity contribution in [1.29, 1.82) is 0 Å². The minimum Gasteiger partial charge on any atom is -0.481 e. The van der Waals surface area contributed by atoms with Crippen LogP contribution >= 0.6 is 0 Å². The first-order valence-electron chi connectivity index (χ1n) is 9.05. The standard InChI is InChI=1S/C19H27N3O3/c1-13(2)21-17(23)15-11-22(12-19(15)8-4-5-9-19)18(24)14-6-7-16(25-3)20-10-14/h6-7,10,13,15H,4-5,8-9,11-12H2,1-3H3,(H,21,23). The summed E-state index contributed by atoms with van der Waals surface area (Å²) < 4.78 is 5.05. The number of nitrogens with zero attached hydrogens (tertiary/aromatic N) is 2. The number of carbonyl (C=O) groups excluding carboxylic acids is 2. The van der Waals surface area contributed by atoms with Crippen LogP contribution in [0.4, 0.5) is 0 Å². The minimum atomic E-state index is -0.118. The lowest BCUT2D eigenvalue weighted by atomic mass is 9.76. The van der Waals surface area contributed by atoms with Gasteiger partial charge in [-0.05, 0) is 32.8 Å². The zero-order chi connectivity index (χ0) is 18.0. The van der Waals surface area contributed by atoms with Crippen LogP contribution in [-0.2, 0) is 4.79 Å². The first-order chi connectivity index (χ1) is 11.9. The summed E-state index contributed by atoms with van der Waals surface area (Å²) >= 11 is 0. The molecule has 1 aliphatic carbocycles. The third-order valence-corrected chi connectivity index (χ3v) is 5.47. The smallest absolute Gasteiger partial charge is 0.255 e. The molecule has 2 heterocycles. The van der Waals surface area contributed by atoms with E-state index in [1.54, 1.807) is 25.4 Å². The maximum absolute atomic E-state index is 12.9. The molecule has 1 N–H and O–H groups in total. The number of hydrogen-bond acceptors (Lipinski definition) is 4. The number of pyridine rings is 1. The molecule has 6 heteroatoms. The van der Waals surface area contributed by atoms with Crippen molar-refractivity contribution < 1.29 is 14.3 Å². The van der Waals surface area contributed by atoms with Crippen LogP contribution in [0.25, 0.3) is 0 Å². The number of ether oxygens (including phenoxy) is 1. The fourth-order valence-electron chi connectivity index (χ4n) is 4.27. The fraction of sp³-hybridized carbons (Fsp3) is 0.632. The van der Waals surface area contributed by atoms with Crippen molar-refractivity contribution in [3.63, 3.8) is 0 Å². The molecule has 1 unspecified atom stereocenters. The normalized spacial score (nSPS) is 21.8. The Balaban J connectivity index is 1.78. The van der Waals surface area contributed by atoms with Gasteiger partial charge < -0.3 is 15.0 Å². The molecule has 25 heavy (non-hydrogen) atoms. The second kappa shape index (κ2) is 7.02. The summed E-state index contributed by atoms with van der Waals surface area (Å²) in [6.45, 7) is 5.09. The number of amides is 2. The number of hydrogen-bond donors (Lipinski definition) is 1. The van der Waals surface area contributed by atoms with Crippen LogP contribution in [0.1, 0.15) is 49.9 Å². The van der Waals surface area contributed by atoms with E-state index >= 15 is 0 Å². The number of methoxy groups -OCH3 is 1. The van der Waals surface area contributed by atoms with Crippen molar-refractivity contribution in [2.24, 2.45) is 11.3 Å². The molecule has 2 amide bonds. The van der Waals surface area contributed by atoms with Crippen LogP contribution in [0.5, 0.6) is 5.88 Å². The highest BCUT2D eigenvalue weighted by molar-refractivity contribution is 5.95. The Hall–Kier alpha value is -2.11. The van der Waals surface area contributed by atoms with Gasteiger partial charge in [-0.15, -0.1) is 0 Å². The highest BCUT2D eigenvalue weighted by Crippen LogP contribution is 2.49. The van der Waals surface area contributed by atoms with E-state index in [4.69, 9.17) is 4.74 Å². The quantitative estimate of drug-likeness (QED) is 0.908. The summed E-state index contributed by atoms with van der Waals surface area (Å²) in [6, 6.07) is 3.54. The second-order valence-corrected chi connectivity index (χ2v) is 7.56. The molecule has 136 valence electrons. The minimum absolute atomic E-state index is 0.0544. The van der Waals surface area contributed by atoms with Gasteiger partial charge in [0, 0.05) is 36.8 Å². The third-order valence-electron chi connectivity index (χ3n) is 5.47. The number of likely N-dealkylation sites (tertiary alicyclic amines) is 1. The van der Waals surface area contributed by atoms with Crippen LogP contribution in [0, 0.1) is 11.3 Å². The van der Waals surface area contributed by atoms with Crippen molar-refractivity contribution in [1.82, 2.24) is 15.2 Å². The van der Waals surface area contributed by atoms with Gasteiger partial charge >= 0.3 is 0 Å². The average molecular weight is 345 g/mol. The van der Waals surface area contributed by atoms with Crippen LogP contribution in [0.2, 0.25) is 0 Å². The molecule has 0 aromatic carbocycles. The molecule has 1 spiro atoms. The third kappa shape index (κ3) is 3.48. The molecule has 1 atom stereocenters. The Kier molecular flexibility index (Phi) is 4.97. The molecular formula is C19H27N3O3. The molecule has 6 nitrogen and oxygen atoms in total. The molecule has 0 radical (unpaired) electrons. The molecule has 0 bridgehead atoms. The molecule has 1 aliphatic heterocycles. The number of carbonyl (C=O) groups is 2. The van der Waals surface area contributed by atoms with Crippen molar-refractivity contribution in [2.45, 2.75) is 45.6 Å². The summed E-state index contributed by atoms with van der Waals surface area (Å²) in [5.74, 6) is 0.397. The Bertz CT molecular complexity index is 636.